The highest BCUT2D eigenvalue weighted by molar-refractivity contribution is 5.66. The van der Waals surface area contributed by atoms with Crippen LogP contribution in [0.15, 0.2) is 4.52 Å². The highest BCUT2D eigenvalue weighted by atomic mass is 16.5. The summed E-state index contributed by atoms with van der Waals surface area (Å²) in [6.07, 6.45) is 2.92. The number of aryl methyl sites for hydroxylation is 2. The average Bonchev–Trinajstić information content (AvgIpc) is 2.98. The van der Waals surface area contributed by atoms with Gasteiger partial charge in [-0.15, -0.1) is 0 Å². The van der Waals surface area contributed by atoms with Crippen LogP contribution in [0.3, 0.4) is 0 Å². The van der Waals surface area contributed by atoms with Gasteiger partial charge in [0.1, 0.15) is 11.5 Å². The third-order valence-electron chi connectivity index (χ3n) is 3.96. The fourth-order valence-electron chi connectivity index (χ4n) is 3.06. The largest absolute Gasteiger partial charge is 0.360 e. The van der Waals surface area contributed by atoms with Gasteiger partial charge >= 0.3 is 0 Å². The van der Waals surface area contributed by atoms with Crippen molar-refractivity contribution in [3.05, 3.63) is 22.6 Å². The molecule has 0 radical (unpaired) electrons. The Morgan fingerprint density at radius 1 is 1.33 bits per heavy atom. The van der Waals surface area contributed by atoms with Crippen molar-refractivity contribution in [2.24, 2.45) is 0 Å². The number of hydrogen-bond donors (Lipinski definition) is 1. The van der Waals surface area contributed by atoms with E-state index in [0.717, 1.165) is 50.4 Å². The van der Waals surface area contributed by atoms with Crippen molar-refractivity contribution < 1.29 is 4.52 Å². The summed E-state index contributed by atoms with van der Waals surface area (Å²) in [6, 6.07) is 0. The summed E-state index contributed by atoms with van der Waals surface area (Å²) in [5, 5.41) is 12.4. The highest BCUT2D eigenvalue weighted by Crippen LogP contribution is 2.35. The molecule has 0 aromatic carbocycles. The van der Waals surface area contributed by atoms with Crippen LogP contribution in [0.2, 0.25) is 0 Å². The molecule has 0 atom stereocenters. The molecule has 4 heterocycles. The number of nitrogens with one attached hydrogen (secondary N) is 1. The van der Waals surface area contributed by atoms with Crippen molar-refractivity contribution in [3.63, 3.8) is 0 Å². The smallest absolute Gasteiger partial charge is 0.140 e. The van der Waals surface area contributed by atoms with E-state index < -0.39 is 0 Å². The first-order chi connectivity index (χ1) is 8.88. The van der Waals surface area contributed by atoms with Gasteiger partial charge in [-0.1, -0.05) is 12.1 Å². The second-order valence-electron chi connectivity index (χ2n) is 4.96. The summed E-state index contributed by atoms with van der Waals surface area (Å²) in [7, 11) is 0. The van der Waals surface area contributed by atoms with Crippen molar-refractivity contribution in [3.8, 4) is 11.4 Å². The Morgan fingerprint density at radius 3 is 3.17 bits per heavy atom. The first-order valence-electron chi connectivity index (χ1n) is 6.65. The first kappa shape index (κ1) is 10.3. The van der Waals surface area contributed by atoms with Crippen LogP contribution in [0.5, 0.6) is 0 Å². The van der Waals surface area contributed by atoms with Crippen LogP contribution in [-0.4, -0.2) is 21.5 Å². The summed E-state index contributed by atoms with van der Waals surface area (Å²) in [4.78, 5) is 0. The molecule has 2 aliphatic heterocycles. The maximum atomic E-state index is 5.47. The Kier molecular flexibility index (Phi) is 2.11. The van der Waals surface area contributed by atoms with Gasteiger partial charge in [-0.05, 0) is 6.42 Å². The maximum absolute atomic E-state index is 5.47. The quantitative estimate of drug-likeness (QED) is 0.821. The fourth-order valence-corrected chi connectivity index (χ4v) is 3.06. The summed E-state index contributed by atoms with van der Waals surface area (Å²) in [6.45, 7) is 4.99. The number of aromatic nitrogens is 3. The molecule has 5 heteroatoms. The van der Waals surface area contributed by atoms with Gasteiger partial charge in [0.2, 0.25) is 0 Å². The Labute approximate surface area is 105 Å². The Hall–Kier alpha value is -1.62. The van der Waals surface area contributed by atoms with Gasteiger partial charge in [-0.2, -0.15) is 5.10 Å². The average molecular weight is 244 g/mol. The van der Waals surface area contributed by atoms with E-state index in [0.29, 0.717) is 0 Å². The third-order valence-corrected chi connectivity index (χ3v) is 3.96. The highest BCUT2D eigenvalue weighted by Gasteiger charge is 2.30. The van der Waals surface area contributed by atoms with Gasteiger partial charge < -0.3 is 9.84 Å². The molecule has 2 aromatic rings. The number of rotatable bonds is 1. The molecule has 0 amide bonds. The molecule has 0 fully saturated rings. The lowest BCUT2D eigenvalue weighted by Gasteiger charge is -2.15. The van der Waals surface area contributed by atoms with Gasteiger partial charge in [0, 0.05) is 43.6 Å². The number of nitrogens with zero attached hydrogens (tertiary/aromatic N) is 3. The molecular formula is C13H16N4O. The van der Waals surface area contributed by atoms with Crippen molar-refractivity contribution in [1.29, 1.82) is 0 Å². The molecule has 5 nitrogen and oxygen atoms in total. The molecule has 1 N–H and O–H groups in total. The summed E-state index contributed by atoms with van der Waals surface area (Å²) in [5.74, 6) is 1.04. The molecule has 0 saturated heterocycles. The zero-order chi connectivity index (χ0) is 12.1. The van der Waals surface area contributed by atoms with Crippen LogP contribution >= 0.6 is 0 Å². The van der Waals surface area contributed by atoms with Crippen molar-refractivity contribution >= 4 is 0 Å². The zero-order valence-electron chi connectivity index (χ0n) is 10.5. The second kappa shape index (κ2) is 3.68. The SMILES string of the molecule is CCc1onc2c1CCn1nc3c(c1-2)CNCC3. The molecule has 18 heavy (non-hydrogen) atoms. The van der Waals surface area contributed by atoms with Crippen molar-refractivity contribution in [2.75, 3.05) is 6.54 Å². The standard InChI is InChI=1S/C13H16N4O/c1-2-11-8-4-6-17-13(12(8)16-18-11)9-7-14-5-3-10(9)15-17/h14H,2-7H2,1H3. The Bertz CT molecular complexity index is 611. The van der Waals surface area contributed by atoms with E-state index in [1.54, 1.807) is 0 Å². The lowest BCUT2D eigenvalue weighted by Crippen LogP contribution is -2.23. The summed E-state index contributed by atoms with van der Waals surface area (Å²) < 4.78 is 7.59. The van der Waals surface area contributed by atoms with Gasteiger partial charge in [0.25, 0.3) is 0 Å². The molecule has 0 bridgehead atoms. The minimum atomic E-state index is 0.901. The predicted octanol–water partition coefficient (Wildman–Crippen LogP) is 1.30. The van der Waals surface area contributed by atoms with E-state index in [2.05, 4.69) is 22.1 Å². The second-order valence-corrected chi connectivity index (χ2v) is 4.96. The molecule has 0 saturated carbocycles. The van der Waals surface area contributed by atoms with Crippen molar-refractivity contribution in [2.45, 2.75) is 39.3 Å². The fraction of sp³-hybridized carbons (Fsp3) is 0.538. The molecular weight excluding hydrogens is 228 g/mol. The third kappa shape index (κ3) is 1.25. The molecule has 2 aliphatic rings. The van der Waals surface area contributed by atoms with Crippen LogP contribution < -0.4 is 5.32 Å². The van der Waals surface area contributed by atoms with Gasteiger partial charge in [-0.3, -0.25) is 4.68 Å². The molecule has 0 unspecified atom stereocenters. The lowest BCUT2D eigenvalue weighted by atomic mass is 9.98. The van der Waals surface area contributed by atoms with Crippen LogP contribution in [0.4, 0.5) is 0 Å². The van der Waals surface area contributed by atoms with Crippen molar-refractivity contribution in [1.82, 2.24) is 20.3 Å². The summed E-state index contributed by atoms with van der Waals surface area (Å²) >= 11 is 0. The van der Waals surface area contributed by atoms with E-state index >= 15 is 0 Å². The minimum Gasteiger partial charge on any atom is -0.360 e. The maximum Gasteiger partial charge on any atom is 0.140 e. The monoisotopic (exact) mass is 244 g/mol. The molecule has 2 aromatic heterocycles. The number of hydrogen-bond acceptors (Lipinski definition) is 4. The van der Waals surface area contributed by atoms with E-state index in [4.69, 9.17) is 9.62 Å². The number of fused-ring (bicyclic) bond motifs is 5. The molecule has 4 rings (SSSR count). The zero-order valence-corrected chi connectivity index (χ0v) is 10.5. The van der Waals surface area contributed by atoms with Crippen LogP contribution in [0.1, 0.15) is 29.5 Å². The van der Waals surface area contributed by atoms with E-state index in [1.165, 1.54) is 22.5 Å². The Morgan fingerprint density at radius 2 is 2.28 bits per heavy atom. The van der Waals surface area contributed by atoms with Crippen LogP contribution in [0.25, 0.3) is 11.4 Å². The van der Waals surface area contributed by atoms with Gasteiger partial charge in [0.05, 0.1) is 11.4 Å². The van der Waals surface area contributed by atoms with Gasteiger partial charge in [0.15, 0.2) is 0 Å². The van der Waals surface area contributed by atoms with E-state index in [9.17, 15) is 0 Å². The Balaban J connectivity index is 1.94. The molecule has 0 spiro atoms. The summed E-state index contributed by atoms with van der Waals surface area (Å²) in [5.41, 5.74) is 6.05. The van der Waals surface area contributed by atoms with Gasteiger partial charge in [-0.25, -0.2) is 0 Å². The van der Waals surface area contributed by atoms with E-state index in [1.807, 2.05) is 0 Å². The van der Waals surface area contributed by atoms with Crippen LogP contribution in [0, 0.1) is 0 Å². The topological polar surface area (TPSA) is 55.9 Å². The van der Waals surface area contributed by atoms with E-state index in [-0.39, 0.29) is 0 Å². The first-order valence-corrected chi connectivity index (χ1v) is 6.65. The molecule has 94 valence electrons. The lowest BCUT2D eigenvalue weighted by molar-refractivity contribution is 0.387. The minimum absolute atomic E-state index is 0.901. The normalized spacial score (nSPS) is 17.2. The van der Waals surface area contributed by atoms with Crippen LogP contribution in [-0.2, 0) is 32.4 Å². The molecule has 0 aliphatic carbocycles. The predicted molar refractivity (Wildman–Crippen MR) is 66.2 cm³/mol.